The van der Waals surface area contributed by atoms with Crippen LogP contribution in [0.2, 0.25) is 0 Å². The predicted octanol–water partition coefficient (Wildman–Crippen LogP) is 1.78. The van der Waals surface area contributed by atoms with Crippen LogP contribution in [0.5, 0.6) is 0 Å². The van der Waals surface area contributed by atoms with Crippen LogP contribution in [0.3, 0.4) is 0 Å². The molecule has 0 radical (unpaired) electrons. The van der Waals surface area contributed by atoms with Crippen LogP contribution < -0.4 is 5.73 Å². The number of hydrogen-bond acceptors (Lipinski definition) is 3. The van der Waals surface area contributed by atoms with Crippen molar-refractivity contribution in [3.05, 3.63) is 0 Å². The molecule has 0 saturated carbocycles. The molecule has 2 heterocycles. The Bertz CT molecular complexity index is 290. The first-order valence-corrected chi connectivity index (χ1v) is 7.79. The highest BCUT2D eigenvalue weighted by atomic mass is 16.5. The van der Waals surface area contributed by atoms with E-state index in [0.29, 0.717) is 30.7 Å². The summed E-state index contributed by atoms with van der Waals surface area (Å²) in [5.41, 5.74) is 5.85. The van der Waals surface area contributed by atoms with E-state index in [0.717, 1.165) is 39.0 Å². The normalized spacial score (nSPS) is 32.3. The van der Waals surface area contributed by atoms with Crippen LogP contribution in [0, 0.1) is 11.8 Å². The molecule has 3 atom stereocenters. The van der Waals surface area contributed by atoms with Gasteiger partial charge in [-0.25, -0.2) is 0 Å². The molecule has 2 saturated heterocycles. The fourth-order valence-corrected chi connectivity index (χ4v) is 3.42. The number of rotatable bonds is 4. The van der Waals surface area contributed by atoms with E-state index < -0.39 is 0 Å². The molecule has 0 aromatic heterocycles. The number of likely N-dealkylation sites (tertiary alicyclic amines) is 1. The highest BCUT2D eigenvalue weighted by Crippen LogP contribution is 2.25. The molecule has 2 aliphatic heterocycles. The maximum atomic E-state index is 12.4. The lowest BCUT2D eigenvalue weighted by atomic mass is 9.90. The van der Waals surface area contributed by atoms with Crippen LogP contribution in [0.4, 0.5) is 0 Å². The van der Waals surface area contributed by atoms with Gasteiger partial charge in [0.15, 0.2) is 0 Å². The van der Waals surface area contributed by atoms with Crippen molar-refractivity contribution in [3.8, 4) is 0 Å². The fourth-order valence-electron chi connectivity index (χ4n) is 3.42. The minimum atomic E-state index is 0.254. The van der Waals surface area contributed by atoms with Gasteiger partial charge >= 0.3 is 0 Å². The third-order valence-corrected chi connectivity index (χ3v) is 4.70. The summed E-state index contributed by atoms with van der Waals surface area (Å²) in [6.07, 6.45) is 6.31. The molecule has 0 bridgehead atoms. The molecular weight excluding hydrogens is 240 g/mol. The summed E-state index contributed by atoms with van der Waals surface area (Å²) in [5.74, 6) is 1.42. The van der Waals surface area contributed by atoms with Crippen molar-refractivity contribution >= 4 is 5.91 Å². The third kappa shape index (κ3) is 3.93. The molecule has 0 aromatic carbocycles. The zero-order chi connectivity index (χ0) is 13.7. The number of hydrogen-bond donors (Lipinski definition) is 1. The van der Waals surface area contributed by atoms with Crippen molar-refractivity contribution in [1.82, 2.24) is 4.90 Å². The largest absolute Gasteiger partial charge is 0.381 e. The smallest absolute Gasteiger partial charge is 0.222 e. The van der Waals surface area contributed by atoms with Crippen LogP contribution in [0.25, 0.3) is 0 Å². The van der Waals surface area contributed by atoms with Gasteiger partial charge in [-0.05, 0) is 43.9 Å². The van der Waals surface area contributed by atoms with E-state index in [1.807, 2.05) is 4.90 Å². The average molecular weight is 268 g/mol. The van der Waals surface area contributed by atoms with Gasteiger partial charge in [0.05, 0.1) is 0 Å². The van der Waals surface area contributed by atoms with E-state index in [2.05, 4.69) is 6.92 Å². The van der Waals surface area contributed by atoms with E-state index in [1.165, 1.54) is 12.8 Å². The SMILES string of the molecule is C[C@@H]1CCCN(C(=O)CC[C@@H]2CCCOC2)[C@@H]1CN. The molecule has 4 nitrogen and oxygen atoms in total. The molecule has 2 fully saturated rings. The maximum Gasteiger partial charge on any atom is 0.222 e. The van der Waals surface area contributed by atoms with Crippen LogP contribution in [0.15, 0.2) is 0 Å². The highest BCUT2D eigenvalue weighted by molar-refractivity contribution is 5.76. The minimum Gasteiger partial charge on any atom is -0.381 e. The predicted molar refractivity (Wildman–Crippen MR) is 75.7 cm³/mol. The standard InChI is InChI=1S/C15H28N2O2/c1-12-4-2-8-17(14(12)10-16)15(18)7-6-13-5-3-9-19-11-13/h12-14H,2-11,16H2,1H3/t12-,13+,14-/m1/s1. The van der Waals surface area contributed by atoms with E-state index in [-0.39, 0.29) is 6.04 Å². The summed E-state index contributed by atoms with van der Waals surface area (Å²) in [6, 6.07) is 0.254. The molecule has 2 N–H and O–H groups in total. The lowest BCUT2D eigenvalue weighted by molar-refractivity contribution is -0.136. The second-order valence-electron chi connectivity index (χ2n) is 6.13. The summed E-state index contributed by atoms with van der Waals surface area (Å²) in [5, 5.41) is 0. The highest BCUT2D eigenvalue weighted by Gasteiger charge is 2.30. The van der Waals surface area contributed by atoms with Gasteiger partial charge in [-0.15, -0.1) is 0 Å². The number of carbonyl (C=O) groups is 1. The van der Waals surface area contributed by atoms with E-state index in [1.54, 1.807) is 0 Å². The quantitative estimate of drug-likeness (QED) is 0.845. The molecule has 0 spiro atoms. The van der Waals surface area contributed by atoms with Gasteiger partial charge < -0.3 is 15.4 Å². The number of piperidine rings is 1. The lowest BCUT2D eigenvalue weighted by Crippen LogP contribution is -2.51. The van der Waals surface area contributed by atoms with E-state index >= 15 is 0 Å². The molecule has 19 heavy (non-hydrogen) atoms. The second kappa shape index (κ2) is 7.25. The first-order chi connectivity index (χ1) is 9.22. The monoisotopic (exact) mass is 268 g/mol. The third-order valence-electron chi connectivity index (χ3n) is 4.70. The fraction of sp³-hybridized carbons (Fsp3) is 0.933. The van der Waals surface area contributed by atoms with Crippen molar-refractivity contribution in [2.75, 3.05) is 26.3 Å². The van der Waals surface area contributed by atoms with Gasteiger partial charge in [0, 0.05) is 38.8 Å². The van der Waals surface area contributed by atoms with Crippen LogP contribution in [-0.4, -0.2) is 43.2 Å². The summed E-state index contributed by atoms with van der Waals surface area (Å²) < 4.78 is 5.47. The Balaban J connectivity index is 1.80. The topological polar surface area (TPSA) is 55.6 Å². The molecule has 1 amide bonds. The van der Waals surface area contributed by atoms with Gasteiger partial charge in [-0.1, -0.05) is 6.92 Å². The molecule has 110 valence electrons. The lowest BCUT2D eigenvalue weighted by Gasteiger charge is -2.39. The summed E-state index contributed by atoms with van der Waals surface area (Å²) in [4.78, 5) is 14.4. The van der Waals surface area contributed by atoms with Crippen molar-refractivity contribution in [2.24, 2.45) is 17.6 Å². The Labute approximate surface area is 116 Å². The van der Waals surface area contributed by atoms with Crippen molar-refractivity contribution < 1.29 is 9.53 Å². The van der Waals surface area contributed by atoms with E-state index in [4.69, 9.17) is 10.5 Å². The molecule has 2 rings (SSSR count). The van der Waals surface area contributed by atoms with Gasteiger partial charge in [-0.2, -0.15) is 0 Å². The Morgan fingerprint density at radius 3 is 2.89 bits per heavy atom. The number of amides is 1. The van der Waals surface area contributed by atoms with E-state index in [9.17, 15) is 4.79 Å². The van der Waals surface area contributed by atoms with Crippen molar-refractivity contribution in [3.63, 3.8) is 0 Å². The Morgan fingerprint density at radius 2 is 2.21 bits per heavy atom. The van der Waals surface area contributed by atoms with Crippen LogP contribution in [0.1, 0.15) is 45.4 Å². The average Bonchev–Trinajstić information content (AvgIpc) is 2.45. The molecular formula is C15H28N2O2. The van der Waals surface area contributed by atoms with Crippen LogP contribution >= 0.6 is 0 Å². The summed E-state index contributed by atoms with van der Waals surface area (Å²) >= 11 is 0. The van der Waals surface area contributed by atoms with Crippen LogP contribution in [-0.2, 0) is 9.53 Å². The Kier molecular flexibility index (Phi) is 5.64. The maximum absolute atomic E-state index is 12.4. The first kappa shape index (κ1) is 14.8. The Hall–Kier alpha value is -0.610. The molecule has 0 aromatic rings. The minimum absolute atomic E-state index is 0.254. The molecule has 0 aliphatic carbocycles. The molecule has 4 heteroatoms. The van der Waals surface area contributed by atoms with Gasteiger partial charge in [-0.3, -0.25) is 4.79 Å². The van der Waals surface area contributed by atoms with Gasteiger partial charge in [0.25, 0.3) is 0 Å². The first-order valence-electron chi connectivity index (χ1n) is 7.79. The van der Waals surface area contributed by atoms with Gasteiger partial charge in [0.2, 0.25) is 5.91 Å². The number of carbonyl (C=O) groups excluding carboxylic acids is 1. The van der Waals surface area contributed by atoms with Gasteiger partial charge in [0.1, 0.15) is 0 Å². The molecule has 0 unspecified atom stereocenters. The number of nitrogens with zero attached hydrogens (tertiary/aromatic N) is 1. The zero-order valence-corrected chi connectivity index (χ0v) is 12.1. The Morgan fingerprint density at radius 1 is 1.37 bits per heavy atom. The van der Waals surface area contributed by atoms with Crippen molar-refractivity contribution in [2.45, 2.75) is 51.5 Å². The summed E-state index contributed by atoms with van der Waals surface area (Å²) in [7, 11) is 0. The number of nitrogens with two attached hydrogens (primary N) is 1. The number of ether oxygens (including phenoxy) is 1. The zero-order valence-electron chi connectivity index (χ0n) is 12.1. The summed E-state index contributed by atoms with van der Waals surface area (Å²) in [6.45, 7) is 5.44. The van der Waals surface area contributed by atoms with Crippen molar-refractivity contribution in [1.29, 1.82) is 0 Å². The molecule has 2 aliphatic rings. The second-order valence-corrected chi connectivity index (χ2v) is 6.13.